The van der Waals surface area contributed by atoms with Gasteiger partial charge in [0.15, 0.2) is 0 Å². The molecule has 0 aliphatic carbocycles. The van der Waals surface area contributed by atoms with Crippen molar-refractivity contribution in [3.8, 4) is 0 Å². The van der Waals surface area contributed by atoms with Gasteiger partial charge in [0.25, 0.3) is 0 Å². The smallest absolute Gasteiger partial charge is 0.227 e. The fraction of sp³-hybridized carbons (Fsp3) is 0.391. The van der Waals surface area contributed by atoms with E-state index in [1.165, 1.54) is 0 Å². The maximum absolute atomic E-state index is 12.5. The number of nitrogens with zero attached hydrogens (tertiary/aromatic N) is 6. The largest absolute Gasteiger partial charge is 0.313 e. The summed E-state index contributed by atoms with van der Waals surface area (Å²) in [5, 5.41) is 8.88. The van der Waals surface area contributed by atoms with Crippen LogP contribution in [0.1, 0.15) is 23.6 Å². The number of hydrogen-bond donors (Lipinski definition) is 0. The van der Waals surface area contributed by atoms with Crippen LogP contribution in [0.4, 0.5) is 5.69 Å². The molecule has 0 radical (unpaired) electrons. The Morgan fingerprint density at radius 2 is 1.90 bits per heavy atom. The van der Waals surface area contributed by atoms with Gasteiger partial charge in [-0.3, -0.25) is 9.78 Å². The number of carbonyl (C=O) groups excluding carboxylic acids is 1. The molecule has 3 aromatic rings. The molecule has 5 rings (SSSR count). The van der Waals surface area contributed by atoms with Crippen LogP contribution in [0.3, 0.4) is 0 Å². The minimum absolute atomic E-state index is 0.233. The number of fused-ring (bicyclic) bond motifs is 1. The second-order valence-electron chi connectivity index (χ2n) is 8.18. The van der Waals surface area contributed by atoms with Crippen LogP contribution in [0.25, 0.3) is 0 Å². The van der Waals surface area contributed by atoms with E-state index in [0.29, 0.717) is 12.3 Å². The first-order valence-corrected chi connectivity index (χ1v) is 10.6. The van der Waals surface area contributed by atoms with Crippen LogP contribution in [0.2, 0.25) is 0 Å². The van der Waals surface area contributed by atoms with Crippen LogP contribution in [0.15, 0.2) is 54.9 Å². The lowest BCUT2D eigenvalue weighted by atomic mass is 10.1. The molecule has 0 saturated carbocycles. The molecular formula is C23H26N6O. The van der Waals surface area contributed by atoms with Crippen molar-refractivity contribution in [2.75, 3.05) is 31.1 Å². The molecule has 0 spiro atoms. The van der Waals surface area contributed by atoms with Gasteiger partial charge in [-0.1, -0.05) is 24.3 Å². The van der Waals surface area contributed by atoms with Gasteiger partial charge in [0.05, 0.1) is 0 Å². The molecule has 1 fully saturated rings. The van der Waals surface area contributed by atoms with E-state index in [2.05, 4.69) is 30.7 Å². The molecule has 1 saturated heterocycles. The predicted octanol–water partition coefficient (Wildman–Crippen LogP) is 2.18. The fourth-order valence-corrected chi connectivity index (χ4v) is 4.55. The molecule has 2 aromatic heterocycles. The van der Waals surface area contributed by atoms with E-state index in [4.69, 9.17) is 0 Å². The number of carbonyl (C=O) groups is 1. The highest BCUT2D eigenvalue weighted by Gasteiger charge is 2.32. The van der Waals surface area contributed by atoms with E-state index in [1.807, 2.05) is 47.5 Å². The third-order valence-corrected chi connectivity index (χ3v) is 6.07. The van der Waals surface area contributed by atoms with Gasteiger partial charge in [0.1, 0.15) is 11.6 Å². The molecule has 30 heavy (non-hydrogen) atoms. The van der Waals surface area contributed by atoms with E-state index < -0.39 is 0 Å². The van der Waals surface area contributed by atoms with Gasteiger partial charge in [-0.25, -0.2) is 0 Å². The number of benzene rings is 1. The molecule has 1 atom stereocenters. The molecule has 1 aromatic carbocycles. The Labute approximate surface area is 176 Å². The standard InChI is InChI=1S/C23H26N6O/c30-23-14-19(17-29(23)20-6-2-1-3-7-20)16-27-10-8-21-25-26-22(28(21)12-11-27)13-18-5-4-9-24-15-18/h1-7,9,15,19H,8,10-14,16-17H2. The van der Waals surface area contributed by atoms with Gasteiger partial charge in [0.2, 0.25) is 5.91 Å². The second kappa shape index (κ2) is 8.36. The number of aromatic nitrogens is 4. The molecule has 0 bridgehead atoms. The minimum atomic E-state index is 0.233. The van der Waals surface area contributed by atoms with Crippen molar-refractivity contribution < 1.29 is 4.79 Å². The summed E-state index contributed by atoms with van der Waals surface area (Å²) in [6.45, 7) is 4.56. The Kier molecular flexibility index (Phi) is 5.27. The number of para-hydroxylation sites is 1. The average Bonchev–Trinajstić information content (AvgIpc) is 3.27. The average molecular weight is 403 g/mol. The summed E-state index contributed by atoms with van der Waals surface area (Å²) in [5.74, 6) is 2.67. The van der Waals surface area contributed by atoms with Crippen molar-refractivity contribution in [1.29, 1.82) is 0 Å². The zero-order valence-corrected chi connectivity index (χ0v) is 17.0. The Balaban J connectivity index is 1.21. The van der Waals surface area contributed by atoms with Gasteiger partial charge in [-0.05, 0) is 29.7 Å². The molecule has 1 unspecified atom stereocenters. The fourth-order valence-electron chi connectivity index (χ4n) is 4.55. The third kappa shape index (κ3) is 3.98. The zero-order chi connectivity index (χ0) is 20.3. The van der Waals surface area contributed by atoms with Crippen molar-refractivity contribution >= 4 is 11.6 Å². The first-order chi connectivity index (χ1) is 14.8. The molecule has 154 valence electrons. The highest BCUT2D eigenvalue weighted by Crippen LogP contribution is 2.26. The number of amides is 1. The predicted molar refractivity (Wildman–Crippen MR) is 114 cm³/mol. The van der Waals surface area contributed by atoms with Crippen molar-refractivity contribution in [1.82, 2.24) is 24.6 Å². The number of pyridine rings is 1. The summed E-state index contributed by atoms with van der Waals surface area (Å²) in [6, 6.07) is 14.0. The first kappa shape index (κ1) is 18.9. The minimum Gasteiger partial charge on any atom is -0.313 e. The van der Waals surface area contributed by atoms with E-state index >= 15 is 0 Å². The lowest BCUT2D eigenvalue weighted by Gasteiger charge is -2.23. The molecule has 7 heteroatoms. The molecule has 7 nitrogen and oxygen atoms in total. The summed E-state index contributed by atoms with van der Waals surface area (Å²) in [7, 11) is 0. The number of anilines is 1. The first-order valence-electron chi connectivity index (χ1n) is 10.6. The molecular weight excluding hydrogens is 376 g/mol. The monoisotopic (exact) mass is 402 g/mol. The summed E-state index contributed by atoms with van der Waals surface area (Å²) in [6.07, 6.45) is 5.95. The third-order valence-electron chi connectivity index (χ3n) is 6.07. The highest BCUT2D eigenvalue weighted by atomic mass is 16.2. The van der Waals surface area contributed by atoms with Crippen LogP contribution in [0.5, 0.6) is 0 Å². The zero-order valence-electron chi connectivity index (χ0n) is 17.0. The highest BCUT2D eigenvalue weighted by molar-refractivity contribution is 5.95. The van der Waals surface area contributed by atoms with E-state index in [9.17, 15) is 4.79 Å². The molecule has 2 aliphatic rings. The normalized spacial score (nSPS) is 19.7. The maximum atomic E-state index is 12.5. The Morgan fingerprint density at radius 3 is 2.73 bits per heavy atom. The molecule has 4 heterocycles. The van der Waals surface area contributed by atoms with Crippen molar-refractivity contribution in [3.63, 3.8) is 0 Å². The van der Waals surface area contributed by atoms with Crippen LogP contribution >= 0.6 is 0 Å². The molecule has 0 N–H and O–H groups in total. The van der Waals surface area contributed by atoms with Crippen molar-refractivity contribution in [2.45, 2.75) is 25.8 Å². The van der Waals surface area contributed by atoms with E-state index in [-0.39, 0.29) is 5.91 Å². The van der Waals surface area contributed by atoms with E-state index in [1.54, 1.807) is 6.20 Å². The van der Waals surface area contributed by atoms with Crippen LogP contribution in [0, 0.1) is 5.92 Å². The summed E-state index contributed by atoms with van der Waals surface area (Å²) < 4.78 is 2.27. The van der Waals surface area contributed by atoms with Crippen LogP contribution < -0.4 is 4.90 Å². The van der Waals surface area contributed by atoms with Crippen LogP contribution in [-0.4, -0.2) is 56.7 Å². The van der Waals surface area contributed by atoms with Crippen molar-refractivity contribution in [2.24, 2.45) is 5.92 Å². The van der Waals surface area contributed by atoms with Crippen LogP contribution in [-0.2, 0) is 24.2 Å². The Morgan fingerprint density at radius 1 is 1.00 bits per heavy atom. The Bertz CT molecular complexity index is 1000. The van der Waals surface area contributed by atoms with Gasteiger partial charge in [-0.2, -0.15) is 0 Å². The van der Waals surface area contributed by atoms with Gasteiger partial charge >= 0.3 is 0 Å². The van der Waals surface area contributed by atoms with E-state index in [0.717, 1.165) is 68.5 Å². The second-order valence-corrected chi connectivity index (χ2v) is 8.18. The maximum Gasteiger partial charge on any atom is 0.227 e. The topological polar surface area (TPSA) is 67.2 Å². The summed E-state index contributed by atoms with van der Waals surface area (Å²) in [5.41, 5.74) is 2.16. The number of rotatable bonds is 5. The number of hydrogen-bond acceptors (Lipinski definition) is 5. The molecule has 2 aliphatic heterocycles. The van der Waals surface area contributed by atoms with Gasteiger partial charge in [-0.15, -0.1) is 10.2 Å². The van der Waals surface area contributed by atoms with Crippen molar-refractivity contribution in [3.05, 3.63) is 72.1 Å². The van der Waals surface area contributed by atoms with Gasteiger partial charge in [0, 0.05) is 70.1 Å². The lowest BCUT2D eigenvalue weighted by Crippen LogP contribution is -2.33. The van der Waals surface area contributed by atoms with Gasteiger partial charge < -0.3 is 14.4 Å². The SMILES string of the molecule is O=C1CC(CN2CCc3nnc(Cc4cccnc4)n3CC2)CN1c1ccccc1. The Hall–Kier alpha value is -3.06. The summed E-state index contributed by atoms with van der Waals surface area (Å²) >= 11 is 0. The molecule has 1 amide bonds. The lowest BCUT2D eigenvalue weighted by molar-refractivity contribution is -0.117. The summed E-state index contributed by atoms with van der Waals surface area (Å²) in [4.78, 5) is 21.1. The quantitative estimate of drug-likeness (QED) is 0.654.